The minimum absolute atomic E-state index is 0.227. The van der Waals surface area contributed by atoms with Crippen LogP contribution in [0.2, 0.25) is 0 Å². The summed E-state index contributed by atoms with van der Waals surface area (Å²) in [5.41, 5.74) is 2.58. The second kappa shape index (κ2) is 10.2. The molecule has 0 bridgehead atoms. The molecule has 0 radical (unpaired) electrons. The molecule has 31 heavy (non-hydrogen) atoms. The van der Waals surface area contributed by atoms with Crippen LogP contribution < -0.4 is 14.2 Å². The van der Waals surface area contributed by atoms with Crippen molar-refractivity contribution in [2.75, 3.05) is 27.4 Å². The summed E-state index contributed by atoms with van der Waals surface area (Å²) in [5, 5.41) is 0. The van der Waals surface area contributed by atoms with Gasteiger partial charge in [-0.15, -0.1) is 0 Å². The number of esters is 1. The number of hydrogen-bond acceptors (Lipinski definition) is 6. The second-order valence-corrected chi connectivity index (χ2v) is 7.18. The molecule has 0 saturated carbocycles. The van der Waals surface area contributed by atoms with Gasteiger partial charge in [-0.05, 0) is 67.3 Å². The maximum absolute atomic E-state index is 13.1. The van der Waals surface area contributed by atoms with Gasteiger partial charge in [0.25, 0.3) is 0 Å². The first kappa shape index (κ1) is 22.4. The van der Waals surface area contributed by atoms with Gasteiger partial charge in [0.2, 0.25) is 0 Å². The van der Waals surface area contributed by atoms with Crippen LogP contribution in [0.5, 0.6) is 17.2 Å². The first-order chi connectivity index (χ1) is 15.0. The number of methoxy groups -OCH3 is 2. The SMILES string of the molecule is CCOC(=O)[C@H]1C(=O)C=C(c2ccc(OC)c(OC)c2)C[C@H]1c1ccc(OCC)cc1. The van der Waals surface area contributed by atoms with Crippen LogP contribution in [0.4, 0.5) is 0 Å². The average molecular weight is 424 g/mol. The Bertz CT molecular complexity index is 960. The molecule has 0 heterocycles. The fourth-order valence-corrected chi connectivity index (χ4v) is 3.91. The normalized spacial score (nSPS) is 18.2. The number of allylic oxidation sites excluding steroid dienone is 2. The summed E-state index contributed by atoms with van der Waals surface area (Å²) < 4.78 is 21.5. The Morgan fingerprint density at radius 2 is 1.68 bits per heavy atom. The molecule has 0 N–H and O–H groups in total. The zero-order chi connectivity index (χ0) is 22.4. The van der Waals surface area contributed by atoms with Crippen molar-refractivity contribution in [3.63, 3.8) is 0 Å². The molecule has 0 saturated heterocycles. The van der Waals surface area contributed by atoms with Gasteiger partial charge in [-0.3, -0.25) is 9.59 Å². The molecule has 164 valence electrons. The van der Waals surface area contributed by atoms with E-state index in [0.717, 1.165) is 22.4 Å². The van der Waals surface area contributed by atoms with Crippen molar-refractivity contribution in [1.29, 1.82) is 0 Å². The molecular formula is C25H28O6. The third-order valence-electron chi connectivity index (χ3n) is 5.38. The second-order valence-electron chi connectivity index (χ2n) is 7.18. The van der Waals surface area contributed by atoms with Crippen molar-refractivity contribution in [3.8, 4) is 17.2 Å². The smallest absolute Gasteiger partial charge is 0.317 e. The van der Waals surface area contributed by atoms with Gasteiger partial charge in [-0.1, -0.05) is 18.2 Å². The van der Waals surface area contributed by atoms with Crippen molar-refractivity contribution in [2.45, 2.75) is 26.2 Å². The van der Waals surface area contributed by atoms with Gasteiger partial charge < -0.3 is 18.9 Å². The summed E-state index contributed by atoms with van der Waals surface area (Å²) in [6.07, 6.45) is 2.06. The van der Waals surface area contributed by atoms with E-state index in [0.29, 0.717) is 24.5 Å². The summed E-state index contributed by atoms with van der Waals surface area (Å²) in [7, 11) is 3.15. The van der Waals surface area contributed by atoms with Crippen LogP contribution in [0.15, 0.2) is 48.5 Å². The number of ketones is 1. The summed E-state index contributed by atoms with van der Waals surface area (Å²) in [6.45, 7) is 4.45. The fourth-order valence-electron chi connectivity index (χ4n) is 3.91. The highest BCUT2D eigenvalue weighted by molar-refractivity contribution is 6.10. The molecular weight excluding hydrogens is 396 g/mol. The van der Waals surface area contributed by atoms with Crippen LogP contribution in [-0.4, -0.2) is 39.2 Å². The maximum atomic E-state index is 13.1. The third-order valence-corrected chi connectivity index (χ3v) is 5.38. The summed E-state index contributed by atoms with van der Waals surface area (Å²) >= 11 is 0. The largest absolute Gasteiger partial charge is 0.494 e. The van der Waals surface area contributed by atoms with E-state index < -0.39 is 11.9 Å². The highest BCUT2D eigenvalue weighted by Crippen LogP contribution is 2.42. The highest BCUT2D eigenvalue weighted by atomic mass is 16.5. The number of benzene rings is 2. The van der Waals surface area contributed by atoms with Crippen LogP contribution in [0.25, 0.3) is 5.57 Å². The zero-order valence-corrected chi connectivity index (χ0v) is 18.3. The fraction of sp³-hybridized carbons (Fsp3) is 0.360. The Hall–Kier alpha value is -3.28. The van der Waals surface area contributed by atoms with Crippen LogP contribution in [0.3, 0.4) is 0 Å². The summed E-state index contributed by atoms with van der Waals surface area (Å²) in [5.74, 6) is -0.0175. The minimum Gasteiger partial charge on any atom is -0.494 e. The lowest BCUT2D eigenvalue weighted by Crippen LogP contribution is -2.34. The topological polar surface area (TPSA) is 71.1 Å². The molecule has 0 fully saturated rings. The summed E-state index contributed by atoms with van der Waals surface area (Å²) in [4.78, 5) is 25.7. The van der Waals surface area contributed by atoms with Crippen molar-refractivity contribution < 1.29 is 28.5 Å². The zero-order valence-electron chi connectivity index (χ0n) is 18.3. The van der Waals surface area contributed by atoms with Crippen LogP contribution in [0, 0.1) is 5.92 Å². The molecule has 1 aliphatic rings. The molecule has 1 aliphatic carbocycles. The molecule has 0 aliphatic heterocycles. The molecule has 2 aromatic rings. The number of rotatable bonds is 8. The summed E-state index contributed by atoms with van der Waals surface area (Å²) in [6, 6.07) is 13.1. The number of hydrogen-bond donors (Lipinski definition) is 0. The van der Waals surface area contributed by atoms with E-state index in [9.17, 15) is 9.59 Å². The molecule has 0 spiro atoms. The Balaban J connectivity index is 2.00. The van der Waals surface area contributed by atoms with E-state index in [1.165, 1.54) is 0 Å². The lowest BCUT2D eigenvalue weighted by molar-refractivity contribution is -0.151. The third kappa shape index (κ3) is 4.90. The lowest BCUT2D eigenvalue weighted by atomic mass is 9.73. The van der Waals surface area contributed by atoms with E-state index in [1.807, 2.05) is 49.4 Å². The standard InChI is InChI=1S/C25H28O6/c1-5-30-19-10-7-16(8-11-19)20-13-18(14-21(26)24(20)25(27)31-6-2)17-9-12-22(28-3)23(15-17)29-4/h7-12,14-15,20,24H,5-6,13H2,1-4H3/t20-,24+/m0/s1. The van der Waals surface area contributed by atoms with Crippen molar-refractivity contribution in [1.82, 2.24) is 0 Å². The minimum atomic E-state index is -0.873. The van der Waals surface area contributed by atoms with E-state index in [-0.39, 0.29) is 18.3 Å². The number of carbonyl (C=O) groups is 2. The maximum Gasteiger partial charge on any atom is 0.317 e. The Morgan fingerprint density at radius 1 is 0.968 bits per heavy atom. The Morgan fingerprint density at radius 3 is 2.29 bits per heavy atom. The van der Waals surface area contributed by atoms with Gasteiger partial charge in [0, 0.05) is 5.92 Å². The van der Waals surface area contributed by atoms with E-state index >= 15 is 0 Å². The Kier molecular flexibility index (Phi) is 7.34. The molecule has 3 rings (SSSR count). The molecule has 0 unspecified atom stereocenters. The van der Waals surface area contributed by atoms with E-state index in [2.05, 4.69) is 0 Å². The van der Waals surface area contributed by atoms with Crippen molar-refractivity contribution >= 4 is 17.3 Å². The van der Waals surface area contributed by atoms with Gasteiger partial charge in [0.05, 0.1) is 27.4 Å². The van der Waals surface area contributed by atoms with Crippen molar-refractivity contribution in [3.05, 3.63) is 59.7 Å². The predicted molar refractivity (Wildman–Crippen MR) is 118 cm³/mol. The first-order valence-corrected chi connectivity index (χ1v) is 10.4. The van der Waals surface area contributed by atoms with E-state index in [1.54, 1.807) is 27.2 Å². The number of carbonyl (C=O) groups excluding carboxylic acids is 2. The predicted octanol–water partition coefficient (Wildman–Crippen LogP) is 4.42. The molecule has 0 aromatic heterocycles. The molecule has 2 atom stereocenters. The molecule has 0 amide bonds. The van der Waals surface area contributed by atoms with Crippen LogP contribution >= 0.6 is 0 Å². The molecule has 2 aromatic carbocycles. The lowest BCUT2D eigenvalue weighted by Gasteiger charge is -2.29. The monoisotopic (exact) mass is 424 g/mol. The Labute approximate surface area is 182 Å². The van der Waals surface area contributed by atoms with Gasteiger partial charge in [-0.25, -0.2) is 0 Å². The number of ether oxygens (including phenoxy) is 4. The van der Waals surface area contributed by atoms with Gasteiger partial charge in [0.15, 0.2) is 17.3 Å². The van der Waals surface area contributed by atoms with E-state index in [4.69, 9.17) is 18.9 Å². The first-order valence-electron chi connectivity index (χ1n) is 10.4. The van der Waals surface area contributed by atoms with Gasteiger partial charge in [-0.2, -0.15) is 0 Å². The average Bonchev–Trinajstić information content (AvgIpc) is 2.78. The molecule has 6 heteroatoms. The quantitative estimate of drug-likeness (QED) is 0.461. The van der Waals surface area contributed by atoms with Crippen LogP contribution in [-0.2, 0) is 14.3 Å². The van der Waals surface area contributed by atoms with Gasteiger partial charge >= 0.3 is 5.97 Å². The highest BCUT2D eigenvalue weighted by Gasteiger charge is 2.39. The van der Waals surface area contributed by atoms with Gasteiger partial charge in [0.1, 0.15) is 11.7 Å². The molecule has 6 nitrogen and oxygen atoms in total. The van der Waals surface area contributed by atoms with Crippen molar-refractivity contribution in [2.24, 2.45) is 5.92 Å². The van der Waals surface area contributed by atoms with Crippen LogP contribution in [0.1, 0.15) is 37.3 Å².